The van der Waals surface area contributed by atoms with Gasteiger partial charge < -0.3 is 19.4 Å². The van der Waals surface area contributed by atoms with Crippen molar-refractivity contribution in [2.24, 2.45) is 0 Å². The number of carbonyl (C=O) groups excluding carboxylic acids is 2. The van der Waals surface area contributed by atoms with E-state index >= 15 is 4.39 Å². The number of anilines is 1. The summed E-state index contributed by atoms with van der Waals surface area (Å²) in [4.78, 5) is 29.4. The van der Waals surface area contributed by atoms with Crippen molar-refractivity contribution < 1.29 is 28.5 Å². The van der Waals surface area contributed by atoms with Gasteiger partial charge in [0.1, 0.15) is 17.0 Å². The van der Waals surface area contributed by atoms with E-state index in [1.807, 2.05) is 19.0 Å². The molecule has 1 N–H and O–H groups in total. The molecule has 0 aliphatic carbocycles. The van der Waals surface area contributed by atoms with Gasteiger partial charge in [-0.1, -0.05) is 12.1 Å². The van der Waals surface area contributed by atoms with Gasteiger partial charge in [0, 0.05) is 24.1 Å². The highest BCUT2D eigenvalue weighted by Crippen LogP contribution is 2.33. The van der Waals surface area contributed by atoms with Crippen molar-refractivity contribution in [3.05, 3.63) is 48.3 Å². The Bertz CT molecular complexity index is 1320. The first-order valence-corrected chi connectivity index (χ1v) is 12.4. The molecule has 2 aromatic carbocycles. The van der Waals surface area contributed by atoms with Crippen molar-refractivity contribution >= 4 is 41.9 Å². The summed E-state index contributed by atoms with van der Waals surface area (Å²) in [6.45, 7) is 11.4. The Kier molecular flexibility index (Phi) is 8.58. The largest absolute Gasteiger partial charge is 0.449 e. The Morgan fingerprint density at radius 3 is 2.21 bits per heavy atom. The van der Waals surface area contributed by atoms with E-state index in [9.17, 15) is 14.6 Å². The summed E-state index contributed by atoms with van der Waals surface area (Å²) in [6.07, 6.45) is -1.23. The third kappa shape index (κ3) is 7.14. The number of ether oxygens (including phenoxy) is 2. The third-order valence-corrected chi connectivity index (χ3v) is 5.47. The van der Waals surface area contributed by atoms with Gasteiger partial charge >= 0.3 is 19.7 Å². The fraction of sp³-hybridized carbons (Fsp3) is 0.429. The number of hydrogen-bond donors (Lipinski definition) is 1. The van der Waals surface area contributed by atoms with Crippen molar-refractivity contribution in [1.29, 1.82) is 0 Å². The molecule has 203 valence electrons. The molecule has 38 heavy (non-hydrogen) atoms. The normalized spacial score (nSPS) is 12.1. The molecule has 3 aromatic rings. The van der Waals surface area contributed by atoms with Crippen molar-refractivity contribution in [3.8, 4) is 11.1 Å². The number of carbonyl (C=O) groups is 2. The highest BCUT2D eigenvalue weighted by molar-refractivity contribution is 6.46. The fourth-order valence-electron chi connectivity index (χ4n) is 3.94. The minimum atomic E-state index is -0.743. The summed E-state index contributed by atoms with van der Waals surface area (Å²) < 4.78 is 27.4. The highest BCUT2D eigenvalue weighted by Gasteiger charge is 2.26. The molecule has 1 amide bonds. The molecule has 10 heteroatoms. The van der Waals surface area contributed by atoms with E-state index in [0.29, 0.717) is 34.3 Å². The minimum absolute atomic E-state index is 0.222. The molecule has 1 radical (unpaired) electrons. The number of amides is 1. The number of benzene rings is 2. The summed E-state index contributed by atoms with van der Waals surface area (Å²) in [5, 5.41) is 10.5. The number of halogens is 1. The van der Waals surface area contributed by atoms with E-state index in [2.05, 4.69) is 0 Å². The summed E-state index contributed by atoms with van der Waals surface area (Å²) in [5.41, 5.74) is 0.692. The number of hydrogen-bond acceptors (Lipinski definition) is 6. The molecule has 0 fully saturated rings. The molecule has 0 atom stereocenters. The van der Waals surface area contributed by atoms with Gasteiger partial charge in [-0.15, -0.1) is 0 Å². The molecule has 0 saturated heterocycles. The Morgan fingerprint density at radius 2 is 1.63 bits per heavy atom. The second-order valence-corrected chi connectivity index (χ2v) is 11.4. The molecule has 0 spiro atoms. The van der Waals surface area contributed by atoms with Gasteiger partial charge in [-0.25, -0.2) is 14.0 Å². The number of rotatable bonds is 6. The maximum Gasteiger partial charge on any atom is 0.418 e. The number of likely N-dealkylation sites (N-methyl/N-ethyl adjacent to an activating group) is 1. The first-order chi connectivity index (χ1) is 17.6. The quantitative estimate of drug-likeness (QED) is 0.468. The fourth-order valence-corrected chi connectivity index (χ4v) is 3.94. The lowest BCUT2D eigenvalue weighted by Crippen LogP contribution is -2.40. The monoisotopic (exact) mass is 524 g/mol. The van der Waals surface area contributed by atoms with Gasteiger partial charge in [0.05, 0.1) is 11.2 Å². The van der Waals surface area contributed by atoms with Crippen LogP contribution in [-0.4, -0.2) is 72.5 Å². The van der Waals surface area contributed by atoms with Crippen molar-refractivity contribution in [2.75, 3.05) is 32.1 Å². The highest BCUT2D eigenvalue weighted by atomic mass is 19.1. The van der Waals surface area contributed by atoms with Crippen LogP contribution in [0.15, 0.2) is 42.5 Å². The van der Waals surface area contributed by atoms with E-state index in [0.717, 1.165) is 7.48 Å². The predicted octanol–water partition coefficient (Wildman–Crippen LogP) is 4.77. The second kappa shape index (κ2) is 11.2. The SMILES string of the molecule is CN(C)CCN(C(=O)OC(C)(C)C)c1cc(F)cc(-c2cccc3c2cc([B]O)n3C(=O)OC(C)(C)C)c1. The van der Waals surface area contributed by atoms with E-state index < -0.39 is 29.2 Å². The van der Waals surface area contributed by atoms with E-state index in [1.165, 1.54) is 21.6 Å². The molecule has 3 rings (SSSR count). The van der Waals surface area contributed by atoms with Crippen molar-refractivity contribution in [3.63, 3.8) is 0 Å². The zero-order chi connectivity index (χ0) is 28.4. The Balaban J connectivity index is 2.14. The lowest BCUT2D eigenvalue weighted by atomic mass is 9.94. The first-order valence-electron chi connectivity index (χ1n) is 12.4. The molecule has 0 aliphatic rings. The molecule has 1 aromatic heterocycles. The number of aromatic nitrogens is 1. The van der Waals surface area contributed by atoms with Crippen molar-refractivity contribution in [2.45, 2.75) is 52.7 Å². The lowest BCUT2D eigenvalue weighted by molar-refractivity contribution is 0.0545. The van der Waals surface area contributed by atoms with Crippen LogP contribution in [0.1, 0.15) is 41.5 Å². The first kappa shape index (κ1) is 29.2. The van der Waals surface area contributed by atoms with Crippen LogP contribution in [0.3, 0.4) is 0 Å². The maximum atomic E-state index is 15.0. The molecular weight excluding hydrogens is 488 g/mol. The van der Waals surface area contributed by atoms with Crippen LogP contribution in [-0.2, 0) is 9.47 Å². The molecule has 0 saturated carbocycles. The zero-order valence-corrected chi connectivity index (χ0v) is 23.3. The van der Waals surface area contributed by atoms with Crippen LogP contribution in [0.4, 0.5) is 19.7 Å². The average molecular weight is 524 g/mol. The van der Waals surface area contributed by atoms with Gasteiger partial charge in [0.15, 0.2) is 0 Å². The molecule has 8 nitrogen and oxygen atoms in total. The van der Waals surface area contributed by atoms with Crippen LogP contribution < -0.4 is 10.5 Å². The van der Waals surface area contributed by atoms with Gasteiger partial charge in [0.2, 0.25) is 0 Å². The zero-order valence-electron chi connectivity index (χ0n) is 23.3. The molecule has 0 aliphatic heterocycles. The smallest absolute Gasteiger partial charge is 0.418 e. The van der Waals surface area contributed by atoms with Crippen molar-refractivity contribution in [1.82, 2.24) is 9.47 Å². The van der Waals surface area contributed by atoms with Crippen LogP contribution in [0.2, 0.25) is 0 Å². The topological polar surface area (TPSA) is 84.2 Å². The predicted molar refractivity (Wildman–Crippen MR) is 149 cm³/mol. The third-order valence-electron chi connectivity index (χ3n) is 5.47. The second-order valence-electron chi connectivity index (χ2n) is 11.4. The summed E-state index contributed by atoms with van der Waals surface area (Å²) in [5.74, 6) is -0.534. The van der Waals surface area contributed by atoms with Gasteiger partial charge in [-0.05, 0) is 97.1 Å². The van der Waals surface area contributed by atoms with Crippen LogP contribution >= 0.6 is 0 Å². The average Bonchev–Trinajstić information content (AvgIpc) is 3.15. The van der Waals surface area contributed by atoms with E-state index in [1.54, 1.807) is 71.9 Å². The maximum absolute atomic E-state index is 15.0. The van der Waals surface area contributed by atoms with Crippen LogP contribution in [0, 0.1) is 5.82 Å². The number of nitrogens with zero attached hydrogens (tertiary/aromatic N) is 3. The summed E-state index contributed by atoms with van der Waals surface area (Å²) in [6, 6.07) is 11.3. The van der Waals surface area contributed by atoms with E-state index in [4.69, 9.17) is 9.47 Å². The minimum Gasteiger partial charge on any atom is -0.449 e. The summed E-state index contributed by atoms with van der Waals surface area (Å²) >= 11 is 0. The van der Waals surface area contributed by atoms with Gasteiger partial charge in [-0.3, -0.25) is 9.47 Å². The Labute approximate surface area is 224 Å². The van der Waals surface area contributed by atoms with E-state index in [-0.39, 0.29) is 12.1 Å². The standard InChI is InChI=1S/C28H36BFN3O5/c1-27(2,3)37-25(34)32(13-12-31(7)8)20-15-18(14-19(30)16-20)21-10-9-11-23-22(21)17-24(29-36)33(23)26(35)38-28(4,5)6/h9-11,14-17,36H,12-13H2,1-8H3. The summed E-state index contributed by atoms with van der Waals surface area (Å²) in [7, 11) is 4.60. The van der Waals surface area contributed by atoms with Crippen LogP contribution in [0.5, 0.6) is 0 Å². The van der Waals surface area contributed by atoms with Gasteiger partial charge in [-0.2, -0.15) is 0 Å². The number of fused-ring (bicyclic) bond motifs is 1. The molecule has 0 unspecified atom stereocenters. The Morgan fingerprint density at radius 1 is 0.974 bits per heavy atom. The lowest BCUT2D eigenvalue weighted by Gasteiger charge is -2.28. The molecule has 0 bridgehead atoms. The van der Waals surface area contributed by atoms with Crippen LogP contribution in [0.25, 0.3) is 22.0 Å². The molecule has 1 heterocycles. The Hall–Kier alpha value is -3.37. The molecular formula is C28H36BFN3O5. The van der Waals surface area contributed by atoms with Gasteiger partial charge in [0.25, 0.3) is 0 Å².